The molecule has 1 fully saturated rings. The molecule has 4 nitrogen and oxygen atoms in total. The number of rotatable bonds is 3. The first-order valence-electron chi connectivity index (χ1n) is 7.72. The van der Waals surface area contributed by atoms with Crippen molar-refractivity contribution in [2.45, 2.75) is 12.6 Å². The molecule has 0 bridgehead atoms. The van der Waals surface area contributed by atoms with Gasteiger partial charge in [0.15, 0.2) is 0 Å². The maximum atomic E-state index is 5.98. The molecule has 0 saturated carbocycles. The standard InChI is InChI=1S/C18H19N3O.ClH/c1-2-4-18-15(3-1)11-16(22-18)13-21-10-9-20-12-17(21)14-5-7-19-8-6-14;/h1-8,11,17,20H,9-10,12-13H2;1H. The van der Waals surface area contributed by atoms with Gasteiger partial charge in [0.05, 0.1) is 6.54 Å². The largest absolute Gasteiger partial charge is 0.460 e. The second kappa shape index (κ2) is 7.13. The van der Waals surface area contributed by atoms with Crippen LogP contribution in [0.1, 0.15) is 17.4 Å². The van der Waals surface area contributed by atoms with Crippen LogP contribution in [0.15, 0.2) is 59.3 Å². The molecule has 120 valence electrons. The van der Waals surface area contributed by atoms with Gasteiger partial charge in [0, 0.05) is 43.5 Å². The second-order valence-electron chi connectivity index (χ2n) is 5.72. The van der Waals surface area contributed by atoms with Crippen molar-refractivity contribution in [1.82, 2.24) is 15.2 Å². The van der Waals surface area contributed by atoms with Crippen molar-refractivity contribution in [3.63, 3.8) is 0 Å². The Hall–Kier alpha value is -1.88. The van der Waals surface area contributed by atoms with Crippen molar-refractivity contribution >= 4 is 23.4 Å². The van der Waals surface area contributed by atoms with Crippen molar-refractivity contribution in [1.29, 1.82) is 0 Å². The minimum Gasteiger partial charge on any atom is -0.460 e. The summed E-state index contributed by atoms with van der Waals surface area (Å²) in [5.74, 6) is 1.03. The van der Waals surface area contributed by atoms with E-state index in [1.165, 1.54) is 10.9 Å². The Kier molecular flexibility index (Phi) is 4.96. The van der Waals surface area contributed by atoms with Gasteiger partial charge in [-0.3, -0.25) is 9.88 Å². The highest BCUT2D eigenvalue weighted by atomic mass is 35.5. The Bertz CT molecular complexity index is 726. The number of pyridine rings is 1. The van der Waals surface area contributed by atoms with Gasteiger partial charge in [-0.2, -0.15) is 0 Å². The summed E-state index contributed by atoms with van der Waals surface area (Å²) in [6, 6.07) is 14.9. The van der Waals surface area contributed by atoms with Gasteiger partial charge in [0.1, 0.15) is 11.3 Å². The van der Waals surface area contributed by atoms with E-state index in [4.69, 9.17) is 4.42 Å². The molecule has 1 atom stereocenters. The van der Waals surface area contributed by atoms with E-state index in [9.17, 15) is 0 Å². The van der Waals surface area contributed by atoms with Crippen LogP contribution in [-0.4, -0.2) is 29.5 Å². The fourth-order valence-electron chi connectivity index (χ4n) is 3.16. The minimum atomic E-state index is 0. The molecule has 1 saturated heterocycles. The predicted octanol–water partition coefficient (Wildman–Crippen LogP) is 3.40. The summed E-state index contributed by atoms with van der Waals surface area (Å²) in [5, 5.41) is 4.66. The fourth-order valence-corrected chi connectivity index (χ4v) is 3.16. The molecule has 1 aromatic carbocycles. The topological polar surface area (TPSA) is 41.3 Å². The number of piperazine rings is 1. The van der Waals surface area contributed by atoms with E-state index >= 15 is 0 Å². The van der Waals surface area contributed by atoms with Crippen LogP contribution in [0, 0.1) is 0 Å². The van der Waals surface area contributed by atoms with E-state index in [1.54, 1.807) is 0 Å². The zero-order chi connectivity index (χ0) is 14.8. The summed E-state index contributed by atoms with van der Waals surface area (Å²) in [7, 11) is 0. The molecule has 1 aliphatic heterocycles. The van der Waals surface area contributed by atoms with Crippen LogP contribution in [0.25, 0.3) is 11.0 Å². The molecule has 1 aliphatic rings. The molecule has 3 aromatic rings. The van der Waals surface area contributed by atoms with Crippen LogP contribution in [0.4, 0.5) is 0 Å². The first kappa shape index (κ1) is 16.0. The average Bonchev–Trinajstić information content (AvgIpc) is 2.98. The Morgan fingerprint density at radius 2 is 2.00 bits per heavy atom. The Morgan fingerprint density at radius 3 is 2.83 bits per heavy atom. The summed E-state index contributed by atoms with van der Waals surface area (Å²) in [4.78, 5) is 6.60. The molecule has 2 aromatic heterocycles. The fraction of sp³-hybridized carbons (Fsp3) is 0.278. The highest BCUT2D eigenvalue weighted by molar-refractivity contribution is 5.85. The van der Waals surface area contributed by atoms with Gasteiger partial charge in [-0.25, -0.2) is 0 Å². The first-order chi connectivity index (χ1) is 10.9. The summed E-state index contributed by atoms with van der Waals surface area (Å²) < 4.78 is 5.98. The number of fused-ring (bicyclic) bond motifs is 1. The zero-order valence-electron chi connectivity index (χ0n) is 12.8. The summed E-state index contributed by atoms with van der Waals surface area (Å²) in [6.07, 6.45) is 3.73. The van der Waals surface area contributed by atoms with Gasteiger partial charge in [-0.15, -0.1) is 12.4 Å². The van der Waals surface area contributed by atoms with Crippen molar-refractivity contribution in [3.05, 3.63) is 66.2 Å². The number of hydrogen-bond acceptors (Lipinski definition) is 4. The molecule has 0 aliphatic carbocycles. The maximum Gasteiger partial charge on any atom is 0.134 e. The third kappa shape index (κ3) is 3.39. The number of halogens is 1. The Morgan fingerprint density at radius 1 is 1.17 bits per heavy atom. The molecule has 3 heterocycles. The first-order valence-corrected chi connectivity index (χ1v) is 7.72. The van der Waals surface area contributed by atoms with E-state index < -0.39 is 0 Å². The number of furan rings is 1. The number of nitrogens with one attached hydrogen (secondary N) is 1. The molecule has 4 rings (SSSR count). The van der Waals surface area contributed by atoms with Crippen LogP contribution in [0.3, 0.4) is 0 Å². The van der Waals surface area contributed by atoms with Crippen LogP contribution in [0.2, 0.25) is 0 Å². The van der Waals surface area contributed by atoms with Gasteiger partial charge >= 0.3 is 0 Å². The molecule has 0 radical (unpaired) electrons. The normalized spacial score (nSPS) is 18.7. The third-order valence-electron chi connectivity index (χ3n) is 4.28. The van der Waals surface area contributed by atoms with E-state index in [0.717, 1.165) is 37.5 Å². The molecule has 1 N–H and O–H groups in total. The zero-order valence-corrected chi connectivity index (χ0v) is 13.6. The highest BCUT2D eigenvalue weighted by Gasteiger charge is 2.24. The smallest absolute Gasteiger partial charge is 0.134 e. The van der Waals surface area contributed by atoms with Gasteiger partial charge in [0.2, 0.25) is 0 Å². The molecule has 0 spiro atoms. The molecule has 5 heteroatoms. The SMILES string of the molecule is Cl.c1ccc2oc(CN3CCNCC3c3ccncc3)cc2c1. The summed E-state index contributed by atoms with van der Waals surface area (Å²) >= 11 is 0. The van der Waals surface area contributed by atoms with Crippen LogP contribution < -0.4 is 5.32 Å². The summed E-state index contributed by atoms with van der Waals surface area (Å²) in [6.45, 7) is 3.83. The molecule has 1 unspecified atom stereocenters. The average molecular weight is 330 g/mol. The quantitative estimate of drug-likeness (QED) is 0.799. The number of para-hydroxylation sites is 1. The lowest BCUT2D eigenvalue weighted by Gasteiger charge is -2.35. The van der Waals surface area contributed by atoms with Crippen molar-refractivity contribution in [3.8, 4) is 0 Å². The molecular formula is C18H20ClN3O. The van der Waals surface area contributed by atoms with Gasteiger partial charge in [0.25, 0.3) is 0 Å². The Balaban J connectivity index is 0.00000156. The lowest BCUT2D eigenvalue weighted by atomic mass is 10.0. The van der Waals surface area contributed by atoms with E-state index in [1.807, 2.05) is 30.6 Å². The van der Waals surface area contributed by atoms with Crippen molar-refractivity contribution in [2.24, 2.45) is 0 Å². The molecular weight excluding hydrogens is 310 g/mol. The third-order valence-corrected chi connectivity index (χ3v) is 4.28. The number of benzene rings is 1. The van der Waals surface area contributed by atoms with E-state index in [-0.39, 0.29) is 12.4 Å². The van der Waals surface area contributed by atoms with Gasteiger partial charge in [-0.1, -0.05) is 18.2 Å². The number of hydrogen-bond donors (Lipinski definition) is 1. The number of nitrogens with zero attached hydrogens (tertiary/aromatic N) is 2. The number of aromatic nitrogens is 1. The summed E-state index contributed by atoms with van der Waals surface area (Å²) in [5.41, 5.74) is 2.27. The van der Waals surface area contributed by atoms with E-state index in [0.29, 0.717) is 6.04 Å². The predicted molar refractivity (Wildman–Crippen MR) is 93.7 cm³/mol. The van der Waals surface area contributed by atoms with Crippen molar-refractivity contribution in [2.75, 3.05) is 19.6 Å². The minimum absolute atomic E-state index is 0. The van der Waals surface area contributed by atoms with Gasteiger partial charge in [-0.05, 0) is 29.8 Å². The van der Waals surface area contributed by atoms with Crippen LogP contribution >= 0.6 is 12.4 Å². The van der Waals surface area contributed by atoms with Crippen LogP contribution in [0.5, 0.6) is 0 Å². The molecule has 23 heavy (non-hydrogen) atoms. The maximum absolute atomic E-state index is 5.98. The van der Waals surface area contributed by atoms with Crippen LogP contribution in [-0.2, 0) is 6.54 Å². The monoisotopic (exact) mass is 329 g/mol. The highest BCUT2D eigenvalue weighted by Crippen LogP contribution is 2.26. The molecule has 0 amide bonds. The Labute approximate surface area is 141 Å². The van der Waals surface area contributed by atoms with E-state index in [2.05, 4.69) is 39.5 Å². The lowest BCUT2D eigenvalue weighted by molar-refractivity contribution is 0.144. The van der Waals surface area contributed by atoms with Crippen molar-refractivity contribution < 1.29 is 4.42 Å². The van der Waals surface area contributed by atoms with Gasteiger partial charge < -0.3 is 9.73 Å². The second-order valence-corrected chi connectivity index (χ2v) is 5.72. The lowest BCUT2D eigenvalue weighted by Crippen LogP contribution is -2.45.